The average Bonchev–Trinajstić information content (AvgIpc) is 3.41. The highest BCUT2D eigenvalue weighted by Crippen LogP contribution is 2.34. The van der Waals surface area contributed by atoms with E-state index in [4.69, 9.17) is 14.2 Å². The summed E-state index contributed by atoms with van der Waals surface area (Å²) in [4.78, 5) is 37.3. The first-order valence-corrected chi connectivity index (χ1v) is 12.5. The molecule has 12 heteroatoms. The van der Waals surface area contributed by atoms with E-state index in [1.165, 1.54) is 26.0 Å². The predicted molar refractivity (Wildman–Crippen MR) is 137 cm³/mol. The fraction of sp³-hybridized carbons (Fsp3) is 0.292. The van der Waals surface area contributed by atoms with E-state index in [0.29, 0.717) is 28.8 Å². The molecule has 0 bridgehead atoms. The lowest BCUT2D eigenvalue weighted by molar-refractivity contribution is -0.113. The van der Waals surface area contributed by atoms with Gasteiger partial charge in [-0.15, -0.1) is 28.1 Å². The van der Waals surface area contributed by atoms with E-state index in [-0.39, 0.29) is 27.8 Å². The van der Waals surface area contributed by atoms with E-state index >= 15 is 0 Å². The SMILES string of the molecule is C=CCn1c(COc2ccc(C)cc2)nnc1SCC(=O)Nc1sc(C(=O)OC)c(C)c1C(=O)OC. The maximum atomic E-state index is 12.7. The van der Waals surface area contributed by atoms with Gasteiger partial charge in [-0.25, -0.2) is 9.59 Å². The van der Waals surface area contributed by atoms with Crippen molar-refractivity contribution in [2.45, 2.75) is 32.2 Å². The van der Waals surface area contributed by atoms with Gasteiger partial charge in [0.15, 0.2) is 11.0 Å². The number of nitrogens with zero attached hydrogens (tertiary/aromatic N) is 3. The molecule has 0 fully saturated rings. The number of hydrogen-bond acceptors (Lipinski definition) is 10. The maximum Gasteiger partial charge on any atom is 0.348 e. The van der Waals surface area contributed by atoms with Gasteiger partial charge in [-0.2, -0.15) is 0 Å². The van der Waals surface area contributed by atoms with Crippen LogP contribution in [-0.2, 0) is 27.4 Å². The fourth-order valence-electron chi connectivity index (χ4n) is 3.16. The summed E-state index contributed by atoms with van der Waals surface area (Å²) in [6.45, 7) is 8.00. The van der Waals surface area contributed by atoms with Crippen LogP contribution in [0.1, 0.15) is 37.0 Å². The number of aryl methyl sites for hydroxylation is 1. The molecule has 0 unspecified atom stereocenters. The molecule has 0 saturated carbocycles. The molecule has 1 amide bonds. The van der Waals surface area contributed by atoms with E-state index in [0.717, 1.165) is 16.9 Å². The van der Waals surface area contributed by atoms with Crippen LogP contribution in [0.25, 0.3) is 0 Å². The van der Waals surface area contributed by atoms with Crippen LogP contribution in [-0.4, -0.2) is 52.6 Å². The largest absolute Gasteiger partial charge is 0.486 e. The fourth-order valence-corrected chi connectivity index (χ4v) is 5.05. The number of allylic oxidation sites excluding steroid dienone is 1. The Hall–Kier alpha value is -3.64. The van der Waals surface area contributed by atoms with Gasteiger partial charge in [-0.05, 0) is 31.5 Å². The zero-order valence-corrected chi connectivity index (χ0v) is 22.0. The lowest BCUT2D eigenvalue weighted by atomic mass is 10.1. The van der Waals surface area contributed by atoms with Gasteiger partial charge in [0.05, 0.1) is 25.5 Å². The Balaban J connectivity index is 1.70. The molecule has 0 radical (unpaired) electrons. The Kier molecular flexibility index (Phi) is 9.25. The zero-order valence-electron chi connectivity index (χ0n) is 20.3. The third-order valence-corrected chi connectivity index (χ3v) is 7.14. The van der Waals surface area contributed by atoms with Crippen LogP contribution >= 0.6 is 23.1 Å². The van der Waals surface area contributed by atoms with Gasteiger partial charge < -0.3 is 19.5 Å². The van der Waals surface area contributed by atoms with Crippen LogP contribution < -0.4 is 10.1 Å². The van der Waals surface area contributed by atoms with Crippen molar-refractivity contribution in [3.05, 3.63) is 64.3 Å². The van der Waals surface area contributed by atoms with E-state index in [2.05, 4.69) is 22.1 Å². The monoisotopic (exact) mass is 530 g/mol. The van der Waals surface area contributed by atoms with Crippen molar-refractivity contribution in [3.63, 3.8) is 0 Å². The highest BCUT2D eigenvalue weighted by atomic mass is 32.2. The normalized spacial score (nSPS) is 10.6. The number of rotatable bonds is 11. The maximum absolute atomic E-state index is 12.7. The molecule has 1 N–H and O–H groups in total. The number of benzene rings is 1. The Morgan fingerprint density at radius 1 is 1.11 bits per heavy atom. The molecule has 0 aliphatic rings. The molecule has 36 heavy (non-hydrogen) atoms. The second kappa shape index (κ2) is 12.4. The van der Waals surface area contributed by atoms with Crippen LogP contribution in [0.3, 0.4) is 0 Å². The predicted octanol–water partition coefficient (Wildman–Crippen LogP) is 4.03. The molecule has 10 nitrogen and oxygen atoms in total. The van der Waals surface area contributed by atoms with Gasteiger partial charge in [0.2, 0.25) is 5.91 Å². The number of thiophene rings is 1. The number of nitrogens with one attached hydrogen (secondary N) is 1. The lowest BCUT2D eigenvalue weighted by Gasteiger charge is -2.09. The Bertz CT molecular complexity index is 1270. The second-order valence-corrected chi connectivity index (χ2v) is 9.44. The number of anilines is 1. The zero-order chi connectivity index (χ0) is 26.2. The van der Waals surface area contributed by atoms with Crippen molar-refractivity contribution in [2.75, 3.05) is 25.3 Å². The molecule has 0 spiro atoms. The van der Waals surface area contributed by atoms with Crippen molar-refractivity contribution in [3.8, 4) is 5.75 Å². The lowest BCUT2D eigenvalue weighted by Crippen LogP contribution is -2.16. The van der Waals surface area contributed by atoms with Crippen LogP contribution in [0.4, 0.5) is 5.00 Å². The van der Waals surface area contributed by atoms with Crippen molar-refractivity contribution in [1.82, 2.24) is 14.8 Å². The third-order valence-electron chi connectivity index (χ3n) is 4.99. The highest BCUT2D eigenvalue weighted by molar-refractivity contribution is 7.99. The minimum absolute atomic E-state index is 0.0147. The Morgan fingerprint density at radius 2 is 1.81 bits per heavy atom. The van der Waals surface area contributed by atoms with E-state index < -0.39 is 17.8 Å². The van der Waals surface area contributed by atoms with Crippen molar-refractivity contribution >= 4 is 45.9 Å². The number of thioether (sulfide) groups is 1. The minimum Gasteiger partial charge on any atom is -0.486 e. The van der Waals surface area contributed by atoms with E-state index in [1.54, 1.807) is 13.0 Å². The standard InChI is InChI=1S/C24H26N4O6S2/c1-6-11-28-17(12-34-16-9-7-14(2)8-10-16)26-27-24(28)35-13-18(29)25-21-19(22(30)32-4)15(3)20(36-21)23(31)33-5/h6-10H,1,11-13H2,2-5H3,(H,25,29). The Morgan fingerprint density at radius 3 is 2.44 bits per heavy atom. The molecule has 3 rings (SSSR count). The smallest absolute Gasteiger partial charge is 0.348 e. The number of aromatic nitrogens is 3. The number of hydrogen-bond donors (Lipinski definition) is 1. The molecule has 0 aliphatic heterocycles. The number of carbonyl (C=O) groups is 3. The molecule has 3 aromatic rings. The van der Waals surface area contributed by atoms with Crippen LogP contribution in [0, 0.1) is 13.8 Å². The molecule has 0 saturated heterocycles. The minimum atomic E-state index is -0.661. The van der Waals surface area contributed by atoms with Gasteiger partial charge in [-0.3, -0.25) is 9.36 Å². The first-order chi connectivity index (χ1) is 17.3. The molecule has 0 atom stereocenters. The average molecular weight is 531 g/mol. The first kappa shape index (κ1) is 27.0. The number of methoxy groups -OCH3 is 2. The van der Waals surface area contributed by atoms with Crippen molar-refractivity contribution in [2.24, 2.45) is 0 Å². The summed E-state index contributed by atoms with van der Waals surface area (Å²) >= 11 is 2.13. The van der Waals surface area contributed by atoms with Gasteiger partial charge in [0.25, 0.3) is 0 Å². The molecule has 190 valence electrons. The van der Waals surface area contributed by atoms with Crippen LogP contribution in [0.15, 0.2) is 42.1 Å². The Labute approximate surface area is 216 Å². The summed E-state index contributed by atoms with van der Waals surface area (Å²) in [6, 6.07) is 7.67. The van der Waals surface area contributed by atoms with Crippen molar-refractivity contribution < 1.29 is 28.6 Å². The number of esters is 2. The van der Waals surface area contributed by atoms with E-state index in [1.807, 2.05) is 35.8 Å². The van der Waals surface area contributed by atoms with Gasteiger partial charge in [-0.1, -0.05) is 35.5 Å². The van der Waals surface area contributed by atoms with Crippen LogP contribution in [0.2, 0.25) is 0 Å². The topological polar surface area (TPSA) is 122 Å². The number of amides is 1. The molecule has 2 heterocycles. The summed E-state index contributed by atoms with van der Waals surface area (Å²) in [5.41, 5.74) is 1.63. The summed E-state index contributed by atoms with van der Waals surface area (Å²) in [5, 5.41) is 11.8. The highest BCUT2D eigenvalue weighted by Gasteiger charge is 2.27. The van der Waals surface area contributed by atoms with Gasteiger partial charge >= 0.3 is 11.9 Å². The van der Waals surface area contributed by atoms with E-state index in [9.17, 15) is 14.4 Å². The summed E-state index contributed by atoms with van der Waals surface area (Å²) in [5.74, 6) is -0.377. The van der Waals surface area contributed by atoms with Gasteiger partial charge in [0.1, 0.15) is 22.2 Å². The molecule has 0 aliphatic carbocycles. The molecule has 2 aromatic heterocycles. The molecular formula is C24H26N4O6S2. The quantitative estimate of drug-likeness (QED) is 0.222. The molecule has 1 aromatic carbocycles. The number of ether oxygens (including phenoxy) is 3. The summed E-state index contributed by atoms with van der Waals surface area (Å²) in [7, 11) is 2.47. The second-order valence-electron chi connectivity index (χ2n) is 7.48. The first-order valence-electron chi connectivity index (χ1n) is 10.7. The summed E-state index contributed by atoms with van der Waals surface area (Å²) < 4.78 is 17.2. The van der Waals surface area contributed by atoms with Gasteiger partial charge in [0, 0.05) is 6.54 Å². The molecular weight excluding hydrogens is 504 g/mol. The number of carbonyl (C=O) groups excluding carboxylic acids is 3. The summed E-state index contributed by atoms with van der Waals surface area (Å²) in [6.07, 6.45) is 1.70. The third kappa shape index (κ3) is 6.32. The van der Waals surface area contributed by atoms with Crippen molar-refractivity contribution in [1.29, 1.82) is 0 Å². The van der Waals surface area contributed by atoms with Crippen LogP contribution in [0.5, 0.6) is 5.75 Å².